The molecular weight excluding hydrogens is 390 g/mol. The molecule has 0 radical (unpaired) electrons. The van der Waals surface area contributed by atoms with Crippen molar-refractivity contribution >= 4 is 15.9 Å². The number of benzene rings is 1. The second-order valence-corrected chi connectivity index (χ2v) is 9.41. The standard InChI is InChI=1S/C21H31N3O4S/c1-28-17-16-24(19-8-4-2-5-9-19)21(25)18-22-12-14-23(15-13-22)29(26,27)20-10-6-3-7-11-20/h3,6-8,10-11H,2,4-5,9,12-18H2,1H3. The average Bonchev–Trinajstić information content (AvgIpc) is 2.76. The summed E-state index contributed by atoms with van der Waals surface area (Å²) in [5, 5.41) is 0. The number of ether oxygens (including phenoxy) is 1. The van der Waals surface area contributed by atoms with Gasteiger partial charge in [0.1, 0.15) is 0 Å². The fourth-order valence-corrected chi connectivity index (χ4v) is 5.27. The summed E-state index contributed by atoms with van der Waals surface area (Å²) in [6.07, 6.45) is 6.40. The zero-order valence-corrected chi connectivity index (χ0v) is 17.9. The molecule has 0 atom stereocenters. The van der Waals surface area contributed by atoms with Crippen LogP contribution in [0, 0.1) is 0 Å². The van der Waals surface area contributed by atoms with Gasteiger partial charge in [-0.15, -0.1) is 0 Å². The van der Waals surface area contributed by atoms with Crippen molar-refractivity contribution in [2.24, 2.45) is 0 Å². The zero-order chi connectivity index (χ0) is 20.7. The van der Waals surface area contributed by atoms with E-state index >= 15 is 0 Å². The maximum Gasteiger partial charge on any atom is 0.243 e. The van der Waals surface area contributed by atoms with Gasteiger partial charge < -0.3 is 9.64 Å². The largest absolute Gasteiger partial charge is 0.383 e. The number of rotatable bonds is 8. The highest BCUT2D eigenvalue weighted by Crippen LogP contribution is 2.22. The molecule has 1 heterocycles. The molecule has 1 fully saturated rings. The van der Waals surface area contributed by atoms with Crippen LogP contribution in [0.25, 0.3) is 0 Å². The molecule has 0 saturated carbocycles. The van der Waals surface area contributed by atoms with Gasteiger partial charge in [0.2, 0.25) is 15.9 Å². The number of allylic oxidation sites excluding steroid dienone is 2. The number of methoxy groups -OCH3 is 1. The van der Waals surface area contributed by atoms with Crippen molar-refractivity contribution in [2.75, 3.05) is 53.0 Å². The van der Waals surface area contributed by atoms with Crippen LogP contribution >= 0.6 is 0 Å². The Balaban J connectivity index is 1.57. The van der Waals surface area contributed by atoms with Crippen molar-refractivity contribution < 1.29 is 17.9 Å². The van der Waals surface area contributed by atoms with Crippen LogP contribution < -0.4 is 0 Å². The molecule has 3 rings (SSSR count). The van der Waals surface area contributed by atoms with Gasteiger partial charge >= 0.3 is 0 Å². The van der Waals surface area contributed by atoms with E-state index in [9.17, 15) is 13.2 Å². The number of amides is 1. The highest BCUT2D eigenvalue weighted by atomic mass is 32.2. The van der Waals surface area contributed by atoms with E-state index in [0.29, 0.717) is 50.8 Å². The third-order valence-electron chi connectivity index (χ3n) is 5.50. The van der Waals surface area contributed by atoms with Gasteiger partial charge in [-0.2, -0.15) is 4.31 Å². The minimum absolute atomic E-state index is 0.0644. The van der Waals surface area contributed by atoms with Crippen LogP contribution in [0.15, 0.2) is 47.0 Å². The lowest BCUT2D eigenvalue weighted by atomic mass is 10.0. The minimum Gasteiger partial charge on any atom is -0.383 e. The predicted octanol–water partition coefficient (Wildman–Crippen LogP) is 1.93. The zero-order valence-electron chi connectivity index (χ0n) is 17.1. The highest BCUT2D eigenvalue weighted by molar-refractivity contribution is 7.89. The molecule has 0 bridgehead atoms. The summed E-state index contributed by atoms with van der Waals surface area (Å²) in [4.78, 5) is 17.2. The van der Waals surface area contributed by atoms with Crippen molar-refractivity contribution in [3.05, 3.63) is 42.1 Å². The maximum absolute atomic E-state index is 13.0. The molecule has 1 aliphatic heterocycles. The SMILES string of the molecule is COCCN(C(=O)CN1CCN(S(=O)(=O)c2ccccc2)CC1)C1=CCCCC1. The van der Waals surface area contributed by atoms with Crippen molar-refractivity contribution in [1.82, 2.24) is 14.1 Å². The summed E-state index contributed by atoms with van der Waals surface area (Å²) in [5.41, 5.74) is 1.10. The lowest BCUT2D eigenvalue weighted by molar-refractivity contribution is -0.131. The molecule has 0 spiro atoms. The Hall–Kier alpha value is -1.74. The van der Waals surface area contributed by atoms with Gasteiger partial charge in [-0.05, 0) is 37.8 Å². The molecule has 1 aromatic carbocycles. The van der Waals surface area contributed by atoms with E-state index in [2.05, 4.69) is 6.08 Å². The van der Waals surface area contributed by atoms with Gasteiger partial charge in [-0.1, -0.05) is 24.3 Å². The maximum atomic E-state index is 13.0. The molecule has 0 N–H and O–H groups in total. The van der Waals surface area contributed by atoms with Gasteiger partial charge in [0.25, 0.3) is 0 Å². The summed E-state index contributed by atoms with van der Waals surface area (Å²) in [6.45, 7) is 3.26. The average molecular weight is 422 g/mol. The molecular formula is C21H31N3O4S. The van der Waals surface area contributed by atoms with E-state index in [1.54, 1.807) is 37.4 Å². The van der Waals surface area contributed by atoms with Gasteiger partial charge in [-0.3, -0.25) is 9.69 Å². The lowest BCUT2D eigenvalue weighted by Gasteiger charge is -2.35. The number of carbonyl (C=O) groups is 1. The Morgan fingerprint density at radius 3 is 2.45 bits per heavy atom. The predicted molar refractivity (Wildman–Crippen MR) is 112 cm³/mol. The van der Waals surface area contributed by atoms with Crippen molar-refractivity contribution in [1.29, 1.82) is 0 Å². The van der Waals surface area contributed by atoms with Gasteiger partial charge in [0, 0.05) is 45.5 Å². The lowest BCUT2D eigenvalue weighted by Crippen LogP contribution is -2.51. The third kappa shape index (κ3) is 5.66. The molecule has 2 aliphatic rings. The number of piperazine rings is 1. The van der Waals surface area contributed by atoms with E-state index in [1.165, 1.54) is 10.7 Å². The van der Waals surface area contributed by atoms with Crippen molar-refractivity contribution in [2.45, 2.75) is 30.6 Å². The van der Waals surface area contributed by atoms with Crippen LogP contribution in [0.5, 0.6) is 0 Å². The van der Waals surface area contributed by atoms with Gasteiger partial charge in [0.05, 0.1) is 18.0 Å². The number of sulfonamides is 1. The highest BCUT2D eigenvalue weighted by Gasteiger charge is 2.30. The normalized spacial score (nSPS) is 19.0. The molecule has 0 aromatic heterocycles. The smallest absolute Gasteiger partial charge is 0.243 e. The van der Waals surface area contributed by atoms with E-state index < -0.39 is 10.0 Å². The van der Waals surface area contributed by atoms with Crippen molar-refractivity contribution in [3.8, 4) is 0 Å². The first kappa shape index (κ1) is 22.0. The van der Waals surface area contributed by atoms with E-state index in [0.717, 1.165) is 25.0 Å². The first-order valence-corrected chi connectivity index (χ1v) is 11.7. The monoisotopic (exact) mass is 421 g/mol. The summed E-state index contributed by atoms with van der Waals surface area (Å²) in [5.74, 6) is 0.0644. The minimum atomic E-state index is -3.47. The Bertz CT molecular complexity index is 802. The van der Waals surface area contributed by atoms with Crippen LogP contribution in [-0.2, 0) is 19.6 Å². The van der Waals surface area contributed by atoms with Crippen LogP contribution in [0.3, 0.4) is 0 Å². The molecule has 1 amide bonds. The molecule has 1 aromatic rings. The van der Waals surface area contributed by atoms with Crippen LogP contribution in [-0.4, -0.2) is 81.4 Å². The summed E-state index contributed by atoms with van der Waals surface area (Å²) in [6, 6.07) is 8.51. The molecule has 160 valence electrons. The molecule has 0 unspecified atom stereocenters. The number of hydrogen-bond acceptors (Lipinski definition) is 5. The van der Waals surface area contributed by atoms with E-state index in [-0.39, 0.29) is 5.91 Å². The van der Waals surface area contributed by atoms with Gasteiger partial charge in [-0.25, -0.2) is 8.42 Å². The fourth-order valence-electron chi connectivity index (χ4n) is 3.82. The molecule has 7 nitrogen and oxygen atoms in total. The Morgan fingerprint density at radius 1 is 1.10 bits per heavy atom. The van der Waals surface area contributed by atoms with Crippen LogP contribution in [0.2, 0.25) is 0 Å². The quantitative estimate of drug-likeness (QED) is 0.641. The third-order valence-corrected chi connectivity index (χ3v) is 7.42. The number of hydrogen-bond donors (Lipinski definition) is 0. The summed E-state index contributed by atoms with van der Waals surface area (Å²) in [7, 11) is -1.83. The van der Waals surface area contributed by atoms with Crippen molar-refractivity contribution in [3.63, 3.8) is 0 Å². The Kier molecular flexibility index (Phi) is 7.83. The number of nitrogens with zero attached hydrogens (tertiary/aromatic N) is 3. The first-order valence-electron chi connectivity index (χ1n) is 10.3. The second kappa shape index (κ2) is 10.3. The Morgan fingerprint density at radius 2 is 1.83 bits per heavy atom. The first-order chi connectivity index (χ1) is 14.0. The molecule has 29 heavy (non-hydrogen) atoms. The molecule has 8 heteroatoms. The van der Waals surface area contributed by atoms with E-state index in [1.807, 2.05) is 9.80 Å². The Labute approximate surface area is 174 Å². The number of carbonyl (C=O) groups excluding carboxylic acids is 1. The topological polar surface area (TPSA) is 70.2 Å². The van der Waals surface area contributed by atoms with Gasteiger partial charge in [0.15, 0.2) is 0 Å². The van der Waals surface area contributed by atoms with Crippen LogP contribution in [0.1, 0.15) is 25.7 Å². The van der Waals surface area contributed by atoms with Crippen LogP contribution in [0.4, 0.5) is 0 Å². The molecule has 1 saturated heterocycles. The summed E-state index contributed by atoms with van der Waals surface area (Å²) < 4.78 is 32.2. The van der Waals surface area contributed by atoms with E-state index in [4.69, 9.17) is 4.74 Å². The summed E-state index contributed by atoms with van der Waals surface area (Å²) >= 11 is 0. The molecule has 1 aliphatic carbocycles. The fraction of sp³-hybridized carbons (Fsp3) is 0.571. The second-order valence-electron chi connectivity index (χ2n) is 7.47.